The van der Waals surface area contributed by atoms with Crippen LogP contribution in [0.25, 0.3) is 11.4 Å². The van der Waals surface area contributed by atoms with Crippen molar-refractivity contribution in [2.24, 2.45) is 5.92 Å². The molecule has 122 valence electrons. The first kappa shape index (κ1) is 15.6. The van der Waals surface area contributed by atoms with Crippen LogP contribution >= 0.6 is 0 Å². The lowest BCUT2D eigenvalue weighted by Crippen LogP contribution is -2.30. The zero-order valence-corrected chi connectivity index (χ0v) is 12.9. The largest absolute Gasteiger partial charge is 0.381 e. The number of nitrogens with one attached hydrogen (secondary N) is 1. The molecular formula is C16H20N4O3. The minimum Gasteiger partial charge on any atom is -0.381 e. The maximum atomic E-state index is 11.9. The molecule has 1 amide bonds. The van der Waals surface area contributed by atoms with Crippen LogP contribution in [-0.4, -0.2) is 40.8 Å². The number of rotatable bonds is 6. The zero-order valence-electron chi connectivity index (χ0n) is 12.9. The van der Waals surface area contributed by atoms with E-state index in [-0.39, 0.29) is 5.91 Å². The SMILES string of the molecule is O=C(C[C@@H]1CCCOC1)NCCc1nc(-c2cccnc2)no1. The Bertz CT molecular complexity index is 623. The van der Waals surface area contributed by atoms with Crippen LogP contribution in [-0.2, 0) is 16.0 Å². The van der Waals surface area contributed by atoms with Gasteiger partial charge in [0.2, 0.25) is 17.6 Å². The van der Waals surface area contributed by atoms with E-state index in [0.717, 1.165) is 25.0 Å². The lowest BCUT2D eigenvalue weighted by Gasteiger charge is -2.21. The van der Waals surface area contributed by atoms with Crippen molar-refractivity contribution in [1.82, 2.24) is 20.4 Å². The molecule has 0 unspecified atom stereocenters. The first-order valence-electron chi connectivity index (χ1n) is 7.88. The zero-order chi connectivity index (χ0) is 15.9. The van der Waals surface area contributed by atoms with Crippen LogP contribution in [0.4, 0.5) is 0 Å². The molecule has 1 aliphatic rings. The fourth-order valence-corrected chi connectivity index (χ4v) is 2.58. The Hall–Kier alpha value is -2.28. The van der Waals surface area contributed by atoms with Crippen molar-refractivity contribution in [3.8, 4) is 11.4 Å². The molecule has 3 rings (SSSR count). The van der Waals surface area contributed by atoms with Crippen LogP contribution in [0.2, 0.25) is 0 Å². The number of pyridine rings is 1. The molecule has 0 aromatic carbocycles. The predicted molar refractivity (Wildman–Crippen MR) is 82.4 cm³/mol. The van der Waals surface area contributed by atoms with Crippen LogP contribution in [0.5, 0.6) is 0 Å². The van der Waals surface area contributed by atoms with Gasteiger partial charge in [-0.05, 0) is 30.9 Å². The molecule has 0 aliphatic carbocycles. The second-order valence-corrected chi connectivity index (χ2v) is 5.64. The summed E-state index contributed by atoms with van der Waals surface area (Å²) in [7, 11) is 0. The fourth-order valence-electron chi connectivity index (χ4n) is 2.58. The van der Waals surface area contributed by atoms with Gasteiger partial charge in [-0.25, -0.2) is 0 Å². The summed E-state index contributed by atoms with van der Waals surface area (Å²) in [5.74, 6) is 1.40. The van der Waals surface area contributed by atoms with Gasteiger partial charge in [0.1, 0.15) is 0 Å². The van der Waals surface area contributed by atoms with Gasteiger partial charge in [0, 0.05) is 50.6 Å². The maximum Gasteiger partial charge on any atom is 0.228 e. The molecule has 1 N–H and O–H groups in total. The topological polar surface area (TPSA) is 90.1 Å². The normalized spacial score (nSPS) is 17.8. The predicted octanol–water partition coefficient (Wildman–Crippen LogP) is 1.61. The number of ether oxygens (including phenoxy) is 1. The summed E-state index contributed by atoms with van der Waals surface area (Å²) in [6, 6.07) is 3.69. The molecule has 2 aromatic rings. The average molecular weight is 316 g/mol. The minimum atomic E-state index is 0.0486. The van der Waals surface area contributed by atoms with Crippen molar-refractivity contribution >= 4 is 5.91 Å². The number of nitrogens with zero attached hydrogens (tertiary/aromatic N) is 3. The van der Waals surface area contributed by atoms with Gasteiger partial charge in [-0.1, -0.05) is 5.16 Å². The third kappa shape index (κ3) is 4.59. The standard InChI is InChI=1S/C16H20N4O3/c21-14(9-12-3-2-8-22-11-12)18-7-5-15-19-16(20-23-15)13-4-1-6-17-10-13/h1,4,6,10,12H,2-3,5,7-9,11H2,(H,18,21)/t12-/m0/s1. The average Bonchev–Trinajstić information content (AvgIpc) is 3.05. The summed E-state index contributed by atoms with van der Waals surface area (Å²) in [6.45, 7) is 1.99. The van der Waals surface area contributed by atoms with Gasteiger partial charge in [-0.3, -0.25) is 9.78 Å². The highest BCUT2D eigenvalue weighted by atomic mass is 16.5. The Labute approximate surface area is 134 Å². The van der Waals surface area contributed by atoms with E-state index in [1.165, 1.54) is 0 Å². The van der Waals surface area contributed by atoms with E-state index < -0.39 is 0 Å². The van der Waals surface area contributed by atoms with E-state index >= 15 is 0 Å². The first-order valence-corrected chi connectivity index (χ1v) is 7.88. The molecule has 3 heterocycles. The highest BCUT2D eigenvalue weighted by Crippen LogP contribution is 2.17. The van der Waals surface area contributed by atoms with Gasteiger partial charge in [0.15, 0.2) is 0 Å². The van der Waals surface area contributed by atoms with E-state index in [9.17, 15) is 4.79 Å². The van der Waals surface area contributed by atoms with Crippen molar-refractivity contribution in [2.75, 3.05) is 19.8 Å². The lowest BCUT2D eigenvalue weighted by atomic mass is 9.98. The summed E-state index contributed by atoms with van der Waals surface area (Å²) in [5.41, 5.74) is 0.809. The Kier molecular flexibility index (Phi) is 5.31. The summed E-state index contributed by atoms with van der Waals surface area (Å²) in [6.07, 6.45) is 6.51. The Balaban J connectivity index is 1.42. The third-order valence-corrected chi connectivity index (χ3v) is 3.78. The van der Waals surface area contributed by atoms with Crippen LogP contribution in [0.1, 0.15) is 25.2 Å². The number of hydrogen-bond donors (Lipinski definition) is 1. The lowest BCUT2D eigenvalue weighted by molar-refractivity contribution is -0.123. The summed E-state index contributed by atoms with van der Waals surface area (Å²) in [4.78, 5) is 20.2. The number of hydrogen-bond acceptors (Lipinski definition) is 6. The molecule has 0 spiro atoms. The molecule has 0 radical (unpaired) electrons. The van der Waals surface area contributed by atoms with Crippen LogP contribution in [0, 0.1) is 5.92 Å². The van der Waals surface area contributed by atoms with Gasteiger partial charge in [0.05, 0.1) is 0 Å². The summed E-state index contributed by atoms with van der Waals surface area (Å²) < 4.78 is 10.6. The molecule has 1 aliphatic heterocycles. The molecule has 1 fully saturated rings. The van der Waals surface area contributed by atoms with Crippen LogP contribution < -0.4 is 5.32 Å². The molecule has 0 bridgehead atoms. The number of amides is 1. The van der Waals surface area contributed by atoms with Crippen LogP contribution in [0.15, 0.2) is 29.0 Å². The van der Waals surface area contributed by atoms with Crippen LogP contribution in [0.3, 0.4) is 0 Å². The highest BCUT2D eigenvalue weighted by Gasteiger charge is 2.17. The van der Waals surface area contributed by atoms with E-state index in [1.807, 2.05) is 12.1 Å². The highest BCUT2D eigenvalue weighted by molar-refractivity contribution is 5.76. The van der Waals surface area contributed by atoms with E-state index in [0.29, 0.717) is 43.6 Å². The molecule has 1 atom stereocenters. The maximum absolute atomic E-state index is 11.9. The molecule has 2 aromatic heterocycles. The van der Waals surface area contributed by atoms with E-state index in [2.05, 4.69) is 20.4 Å². The van der Waals surface area contributed by atoms with Gasteiger partial charge < -0.3 is 14.6 Å². The third-order valence-electron chi connectivity index (χ3n) is 3.78. The fraction of sp³-hybridized carbons (Fsp3) is 0.500. The molecule has 23 heavy (non-hydrogen) atoms. The smallest absolute Gasteiger partial charge is 0.228 e. The van der Waals surface area contributed by atoms with Gasteiger partial charge >= 0.3 is 0 Å². The van der Waals surface area contributed by atoms with E-state index in [4.69, 9.17) is 9.26 Å². The number of aromatic nitrogens is 3. The van der Waals surface area contributed by atoms with Crippen molar-refractivity contribution in [3.05, 3.63) is 30.4 Å². The number of carbonyl (C=O) groups excluding carboxylic acids is 1. The van der Waals surface area contributed by atoms with Gasteiger partial charge in [-0.15, -0.1) is 0 Å². The molecule has 7 nitrogen and oxygen atoms in total. The summed E-state index contributed by atoms with van der Waals surface area (Å²) >= 11 is 0. The first-order chi connectivity index (χ1) is 11.3. The molecule has 0 saturated carbocycles. The second-order valence-electron chi connectivity index (χ2n) is 5.64. The Morgan fingerprint density at radius 1 is 1.43 bits per heavy atom. The van der Waals surface area contributed by atoms with Gasteiger partial charge in [0.25, 0.3) is 0 Å². The summed E-state index contributed by atoms with van der Waals surface area (Å²) in [5, 5.41) is 6.82. The quantitative estimate of drug-likeness (QED) is 0.870. The second kappa shape index (κ2) is 7.82. The monoisotopic (exact) mass is 316 g/mol. The Morgan fingerprint density at radius 3 is 3.17 bits per heavy atom. The van der Waals surface area contributed by atoms with Crippen molar-refractivity contribution < 1.29 is 14.1 Å². The Morgan fingerprint density at radius 2 is 2.39 bits per heavy atom. The van der Waals surface area contributed by atoms with Crippen molar-refractivity contribution in [2.45, 2.75) is 25.7 Å². The van der Waals surface area contributed by atoms with Crippen molar-refractivity contribution in [3.63, 3.8) is 0 Å². The van der Waals surface area contributed by atoms with Gasteiger partial charge in [-0.2, -0.15) is 4.98 Å². The minimum absolute atomic E-state index is 0.0486. The van der Waals surface area contributed by atoms with E-state index in [1.54, 1.807) is 12.4 Å². The molecule has 7 heteroatoms. The molecular weight excluding hydrogens is 296 g/mol. The molecule has 1 saturated heterocycles. The van der Waals surface area contributed by atoms with Crippen molar-refractivity contribution in [1.29, 1.82) is 0 Å². The number of carbonyl (C=O) groups is 1.